The van der Waals surface area contributed by atoms with Gasteiger partial charge >= 0.3 is 0 Å². The van der Waals surface area contributed by atoms with Crippen molar-refractivity contribution in [3.05, 3.63) is 22.3 Å². The van der Waals surface area contributed by atoms with E-state index in [9.17, 15) is 5.11 Å². The normalized spacial score (nSPS) is 24.2. The molecule has 0 fully saturated rings. The second-order valence-electron chi connectivity index (χ2n) is 4.59. The summed E-state index contributed by atoms with van der Waals surface area (Å²) in [7, 11) is 0. The highest BCUT2D eigenvalue weighted by Crippen LogP contribution is 2.47. The number of hydrogen-bond acceptors (Lipinski definition) is 1. The first-order valence-electron chi connectivity index (χ1n) is 4.87. The maximum absolute atomic E-state index is 9.71. The monoisotopic (exact) mass is 180 g/mol. The van der Waals surface area contributed by atoms with Crippen molar-refractivity contribution in [1.29, 1.82) is 0 Å². The van der Waals surface area contributed by atoms with Crippen LogP contribution in [-0.2, 0) is 0 Å². The lowest BCUT2D eigenvalue weighted by atomic mass is 9.79. The molecule has 0 aliphatic heterocycles. The summed E-state index contributed by atoms with van der Waals surface area (Å²) in [5.41, 5.74) is 5.24. The van der Waals surface area contributed by atoms with Gasteiger partial charge in [-0.05, 0) is 44.4 Å². The predicted molar refractivity (Wildman–Crippen MR) is 56.5 cm³/mol. The van der Waals surface area contributed by atoms with Crippen LogP contribution in [0.4, 0.5) is 0 Å². The summed E-state index contributed by atoms with van der Waals surface area (Å²) in [6.45, 7) is 12.6. The largest absolute Gasteiger partial charge is 0.389 e. The second-order valence-corrected chi connectivity index (χ2v) is 4.59. The van der Waals surface area contributed by atoms with Gasteiger partial charge in [-0.1, -0.05) is 19.4 Å². The molecule has 13 heavy (non-hydrogen) atoms. The molecule has 0 saturated heterocycles. The minimum atomic E-state index is -0.331. The second kappa shape index (κ2) is 2.98. The van der Waals surface area contributed by atoms with Crippen LogP contribution in [0.25, 0.3) is 0 Å². The van der Waals surface area contributed by atoms with E-state index in [2.05, 4.69) is 34.6 Å². The Morgan fingerprint density at radius 3 is 1.69 bits per heavy atom. The van der Waals surface area contributed by atoms with Crippen molar-refractivity contribution in [3.8, 4) is 0 Å². The molecule has 1 aliphatic carbocycles. The fourth-order valence-electron chi connectivity index (χ4n) is 2.46. The van der Waals surface area contributed by atoms with Crippen molar-refractivity contribution in [1.82, 2.24) is 0 Å². The van der Waals surface area contributed by atoms with Gasteiger partial charge in [-0.3, -0.25) is 0 Å². The highest BCUT2D eigenvalue weighted by atomic mass is 16.3. The van der Waals surface area contributed by atoms with Gasteiger partial charge in [-0.15, -0.1) is 0 Å². The van der Waals surface area contributed by atoms with Crippen molar-refractivity contribution in [2.45, 2.75) is 47.6 Å². The molecule has 0 amide bonds. The van der Waals surface area contributed by atoms with Gasteiger partial charge in [0.25, 0.3) is 0 Å². The molecule has 0 bridgehead atoms. The zero-order valence-electron chi connectivity index (χ0n) is 9.52. The minimum absolute atomic E-state index is 0.0440. The Morgan fingerprint density at radius 2 is 1.54 bits per heavy atom. The molecule has 0 aromatic heterocycles. The van der Waals surface area contributed by atoms with Gasteiger partial charge < -0.3 is 5.11 Å². The molecule has 0 heterocycles. The Labute approximate surface area is 81.2 Å². The Morgan fingerprint density at radius 1 is 1.08 bits per heavy atom. The lowest BCUT2D eigenvalue weighted by Crippen LogP contribution is -2.21. The van der Waals surface area contributed by atoms with Crippen molar-refractivity contribution in [2.24, 2.45) is 5.41 Å². The van der Waals surface area contributed by atoms with Crippen LogP contribution in [0, 0.1) is 5.41 Å². The highest BCUT2D eigenvalue weighted by Gasteiger charge is 2.36. The molecular weight excluding hydrogens is 160 g/mol. The van der Waals surface area contributed by atoms with Crippen LogP contribution in [-0.4, -0.2) is 11.2 Å². The van der Waals surface area contributed by atoms with Gasteiger partial charge in [0.05, 0.1) is 6.10 Å². The number of hydrogen-bond donors (Lipinski definition) is 1. The van der Waals surface area contributed by atoms with Crippen LogP contribution in [0.2, 0.25) is 0 Å². The summed E-state index contributed by atoms with van der Waals surface area (Å²) < 4.78 is 0. The van der Waals surface area contributed by atoms with Crippen molar-refractivity contribution < 1.29 is 5.11 Å². The summed E-state index contributed by atoms with van der Waals surface area (Å²) in [4.78, 5) is 0. The lowest BCUT2D eigenvalue weighted by Gasteiger charge is -2.27. The highest BCUT2D eigenvalue weighted by molar-refractivity contribution is 5.51. The standard InChI is InChI=1S/C12H20O/c1-7-8(2)11(10(4)13)12(5,6)9(7)3/h10,13H,1-6H3. The van der Waals surface area contributed by atoms with Gasteiger partial charge in [0.1, 0.15) is 0 Å². The summed E-state index contributed by atoms with van der Waals surface area (Å²) in [5.74, 6) is 0. The fourth-order valence-corrected chi connectivity index (χ4v) is 2.46. The van der Waals surface area contributed by atoms with Crippen LogP contribution in [0.3, 0.4) is 0 Å². The van der Waals surface area contributed by atoms with Crippen molar-refractivity contribution in [3.63, 3.8) is 0 Å². The van der Waals surface area contributed by atoms with E-state index in [1.54, 1.807) is 0 Å². The van der Waals surface area contributed by atoms with E-state index in [1.807, 2.05) is 6.92 Å². The van der Waals surface area contributed by atoms with E-state index in [1.165, 1.54) is 22.3 Å². The molecule has 1 aliphatic rings. The van der Waals surface area contributed by atoms with Crippen LogP contribution in [0.1, 0.15) is 41.5 Å². The average Bonchev–Trinajstić information content (AvgIpc) is 2.12. The molecule has 0 aromatic carbocycles. The lowest BCUT2D eigenvalue weighted by molar-refractivity contribution is 0.208. The Balaban J connectivity index is 3.28. The molecule has 0 spiro atoms. The van der Waals surface area contributed by atoms with Crippen molar-refractivity contribution in [2.75, 3.05) is 0 Å². The molecule has 0 saturated carbocycles. The zero-order valence-corrected chi connectivity index (χ0v) is 9.52. The van der Waals surface area contributed by atoms with Crippen LogP contribution >= 0.6 is 0 Å². The van der Waals surface area contributed by atoms with Crippen LogP contribution < -0.4 is 0 Å². The SMILES string of the molecule is CC1=C(C)C(C)(C)C(C(C)O)=C1C. The van der Waals surface area contributed by atoms with E-state index in [0.717, 1.165) is 0 Å². The van der Waals surface area contributed by atoms with Gasteiger partial charge in [-0.25, -0.2) is 0 Å². The minimum Gasteiger partial charge on any atom is -0.389 e. The number of aliphatic hydroxyl groups excluding tert-OH is 1. The van der Waals surface area contributed by atoms with E-state index in [-0.39, 0.29) is 11.5 Å². The van der Waals surface area contributed by atoms with Gasteiger partial charge in [-0.2, -0.15) is 0 Å². The van der Waals surface area contributed by atoms with Crippen LogP contribution in [0.15, 0.2) is 22.3 Å². The molecule has 0 radical (unpaired) electrons. The van der Waals surface area contributed by atoms with Crippen LogP contribution in [0.5, 0.6) is 0 Å². The third-order valence-corrected chi connectivity index (χ3v) is 3.56. The molecule has 0 aromatic rings. The molecule has 1 heteroatoms. The Kier molecular flexibility index (Phi) is 2.42. The predicted octanol–water partition coefficient (Wildman–Crippen LogP) is 3.06. The number of rotatable bonds is 1. The fraction of sp³-hybridized carbons (Fsp3) is 0.667. The first-order chi connectivity index (χ1) is 5.80. The third kappa shape index (κ3) is 1.35. The maximum atomic E-state index is 9.71. The molecular formula is C12H20O. The first kappa shape index (κ1) is 10.5. The Hall–Kier alpha value is -0.560. The van der Waals surface area contributed by atoms with E-state index < -0.39 is 0 Å². The average molecular weight is 180 g/mol. The topological polar surface area (TPSA) is 20.2 Å². The summed E-state index contributed by atoms with van der Waals surface area (Å²) in [6.07, 6.45) is -0.331. The molecule has 1 nitrogen and oxygen atoms in total. The van der Waals surface area contributed by atoms with Gasteiger partial charge in [0.2, 0.25) is 0 Å². The Bertz CT molecular complexity index is 290. The number of allylic oxidation sites excluding steroid dienone is 3. The third-order valence-electron chi connectivity index (χ3n) is 3.56. The van der Waals surface area contributed by atoms with Gasteiger partial charge in [0, 0.05) is 5.41 Å². The summed E-state index contributed by atoms with van der Waals surface area (Å²) in [6, 6.07) is 0. The van der Waals surface area contributed by atoms with E-state index in [4.69, 9.17) is 0 Å². The van der Waals surface area contributed by atoms with E-state index in [0.29, 0.717) is 0 Å². The molecule has 74 valence electrons. The van der Waals surface area contributed by atoms with Gasteiger partial charge in [0.15, 0.2) is 0 Å². The molecule has 1 N–H and O–H groups in total. The molecule has 1 atom stereocenters. The first-order valence-corrected chi connectivity index (χ1v) is 4.87. The maximum Gasteiger partial charge on any atom is 0.0736 e. The zero-order chi connectivity index (χ0) is 10.4. The quantitative estimate of drug-likeness (QED) is 0.657. The molecule has 1 rings (SSSR count). The van der Waals surface area contributed by atoms with E-state index >= 15 is 0 Å². The molecule has 1 unspecified atom stereocenters. The number of aliphatic hydroxyl groups is 1. The van der Waals surface area contributed by atoms with Crippen molar-refractivity contribution >= 4 is 0 Å². The smallest absolute Gasteiger partial charge is 0.0736 e. The summed E-state index contributed by atoms with van der Waals surface area (Å²) >= 11 is 0. The summed E-state index contributed by atoms with van der Waals surface area (Å²) in [5, 5.41) is 9.71.